The number of carbonyl (C=O) groups excluding carboxylic acids is 2. The van der Waals surface area contributed by atoms with Gasteiger partial charge < -0.3 is 21.1 Å². The second-order valence-corrected chi connectivity index (χ2v) is 4.94. The molecule has 116 valence electrons. The summed E-state index contributed by atoms with van der Waals surface area (Å²) in [5.41, 5.74) is 7.05. The summed E-state index contributed by atoms with van der Waals surface area (Å²) in [7, 11) is 1.60. The van der Waals surface area contributed by atoms with E-state index in [0.717, 1.165) is 16.9 Å². The van der Waals surface area contributed by atoms with Crippen molar-refractivity contribution in [3.8, 4) is 5.75 Å². The lowest BCUT2D eigenvalue weighted by molar-refractivity contribution is -0.118. The molecule has 1 aromatic rings. The van der Waals surface area contributed by atoms with Crippen molar-refractivity contribution >= 4 is 11.9 Å². The molecule has 0 fully saturated rings. The number of ether oxygens (including phenoxy) is 1. The Hall–Kier alpha value is -2.24. The molecule has 6 heteroatoms. The van der Waals surface area contributed by atoms with Crippen LogP contribution >= 0.6 is 0 Å². The monoisotopic (exact) mass is 293 g/mol. The highest BCUT2D eigenvalue weighted by Crippen LogP contribution is 2.25. The first-order valence-electron chi connectivity index (χ1n) is 6.91. The molecule has 1 rings (SSSR count). The molecule has 0 aromatic heterocycles. The number of carbonyl (C=O) groups is 2. The smallest absolute Gasteiger partial charge is 0.315 e. The molecular weight excluding hydrogens is 270 g/mol. The maximum atomic E-state index is 11.8. The molecule has 0 spiro atoms. The summed E-state index contributed by atoms with van der Waals surface area (Å²) in [5, 5.41) is 5.53. The molecule has 0 unspecified atom stereocenters. The number of amides is 3. The Balaban J connectivity index is 2.52. The van der Waals surface area contributed by atoms with Crippen LogP contribution in [0.3, 0.4) is 0 Å². The van der Waals surface area contributed by atoms with Crippen LogP contribution < -0.4 is 21.1 Å². The molecule has 3 amide bonds. The number of nitrogens with two attached hydrogens (primary N) is 1. The zero-order valence-electron chi connectivity index (χ0n) is 12.7. The average Bonchev–Trinajstić information content (AvgIpc) is 2.43. The third-order valence-corrected chi connectivity index (χ3v) is 3.08. The van der Waals surface area contributed by atoms with Gasteiger partial charge >= 0.3 is 6.03 Å². The maximum Gasteiger partial charge on any atom is 0.315 e. The molecule has 1 aromatic carbocycles. The van der Waals surface area contributed by atoms with Crippen molar-refractivity contribution in [2.45, 2.75) is 32.7 Å². The lowest BCUT2D eigenvalue weighted by atomic mass is 10.0. The molecule has 0 radical (unpaired) electrons. The quantitative estimate of drug-likeness (QED) is 0.667. The Morgan fingerprint density at radius 1 is 1.38 bits per heavy atom. The van der Waals surface area contributed by atoms with E-state index in [9.17, 15) is 9.59 Å². The number of benzene rings is 1. The molecule has 6 nitrogen and oxygen atoms in total. The standard InChI is InChI=1S/C15H23N3O3/c1-10-6-7-13(21-3)12(9-10)11(2)18-15(20)17-8-4-5-14(16)19/h6-7,9,11H,4-5,8H2,1-3H3,(H2,16,19)(H2,17,18,20)/t11-/m1/s1. The predicted octanol–water partition coefficient (Wildman–Crippen LogP) is 1.63. The number of hydrogen-bond acceptors (Lipinski definition) is 3. The molecule has 1 atom stereocenters. The Morgan fingerprint density at radius 2 is 2.10 bits per heavy atom. The number of primary amides is 1. The van der Waals surface area contributed by atoms with E-state index in [2.05, 4.69) is 10.6 Å². The van der Waals surface area contributed by atoms with E-state index >= 15 is 0 Å². The van der Waals surface area contributed by atoms with Gasteiger partial charge in [-0.05, 0) is 26.3 Å². The minimum atomic E-state index is -0.366. The summed E-state index contributed by atoms with van der Waals surface area (Å²) < 4.78 is 5.30. The van der Waals surface area contributed by atoms with E-state index in [1.165, 1.54) is 0 Å². The fourth-order valence-electron chi connectivity index (χ4n) is 1.98. The normalized spacial score (nSPS) is 11.6. The van der Waals surface area contributed by atoms with Crippen molar-refractivity contribution in [3.63, 3.8) is 0 Å². The van der Waals surface area contributed by atoms with Gasteiger partial charge in [0.25, 0.3) is 0 Å². The first-order chi connectivity index (χ1) is 9.93. The van der Waals surface area contributed by atoms with Crippen LogP contribution in [0, 0.1) is 6.92 Å². The highest BCUT2D eigenvalue weighted by Gasteiger charge is 2.14. The van der Waals surface area contributed by atoms with Crippen LogP contribution in [0.1, 0.15) is 36.9 Å². The van der Waals surface area contributed by atoms with E-state index in [0.29, 0.717) is 13.0 Å². The van der Waals surface area contributed by atoms with Gasteiger partial charge in [0.15, 0.2) is 0 Å². The second-order valence-electron chi connectivity index (χ2n) is 4.94. The summed E-state index contributed by atoms with van der Waals surface area (Å²) in [6.07, 6.45) is 0.798. The van der Waals surface area contributed by atoms with Crippen molar-refractivity contribution < 1.29 is 14.3 Å². The van der Waals surface area contributed by atoms with Crippen molar-refractivity contribution in [2.75, 3.05) is 13.7 Å². The highest BCUT2D eigenvalue weighted by molar-refractivity contribution is 5.75. The van der Waals surface area contributed by atoms with Crippen LogP contribution in [0.15, 0.2) is 18.2 Å². The summed E-state index contributed by atoms with van der Waals surface area (Å²) in [6.45, 7) is 4.28. The van der Waals surface area contributed by atoms with Gasteiger partial charge in [0.1, 0.15) is 5.75 Å². The van der Waals surface area contributed by atoms with Gasteiger partial charge in [0, 0.05) is 18.5 Å². The SMILES string of the molecule is COc1ccc(C)cc1[C@@H](C)NC(=O)NCCCC(N)=O. The fourth-order valence-corrected chi connectivity index (χ4v) is 1.98. The minimum absolute atomic E-state index is 0.184. The molecule has 0 aliphatic rings. The lowest BCUT2D eigenvalue weighted by Crippen LogP contribution is -2.37. The topological polar surface area (TPSA) is 93.4 Å². The summed E-state index contributed by atoms with van der Waals surface area (Å²) in [6, 6.07) is 5.36. The summed E-state index contributed by atoms with van der Waals surface area (Å²) >= 11 is 0. The Bertz CT molecular complexity index is 503. The van der Waals surface area contributed by atoms with Gasteiger partial charge in [-0.2, -0.15) is 0 Å². The molecule has 0 bridgehead atoms. The van der Waals surface area contributed by atoms with Crippen LogP contribution in [0.4, 0.5) is 4.79 Å². The van der Waals surface area contributed by atoms with Crippen molar-refractivity contribution in [1.82, 2.24) is 10.6 Å². The molecule has 21 heavy (non-hydrogen) atoms. The van der Waals surface area contributed by atoms with Gasteiger partial charge in [-0.3, -0.25) is 4.79 Å². The Labute approximate surface area is 125 Å². The first-order valence-corrected chi connectivity index (χ1v) is 6.91. The lowest BCUT2D eigenvalue weighted by Gasteiger charge is -2.18. The van der Waals surface area contributed by atoms with Crippen LogP contribution in [0.25, 0.3) is 0 Å². The Kier molecular flexibility index (Phi) is 6.52. The predicted molar refractivity (Wildman–Crippen MR) is 81.1 cm³/mol. The molecule has 0 heterocycles. The van der Waals surface area contributed by atoms with Crippen molar-refractivity contribution in [1.29, 1.82) is 0 Å². The van der Waals surface area contributed by atoms with Gasteiger partial charge in [-0.1, -0.05) is 17.7 Å². The maximum absolute atomic E-state index is 11.8. The zero-order chi connectivity index (χ0) is 15.8. The number of nitrogens with one attached hydrogen (secondary N) is 2. The Morgan fingerprint density at radius 3 is 2.71 bits per heavy atom. The molecule has 4 N–H and O–H groups in total. The van der Waals surface area contributed by atoms with E-state index in [4.69, 9.17) is 10.5 Å². The molecule has 0 aliphatic carbocycles. The van der Waals surface area contributed by atoms with Crippen LogP contribution in [-0.2, 0) is 4.79 Å². The number of hydrogen-bond donors (Lipinski definition) is 3. The second kappa shape index (κ2) is 8.14. The first kappa shape index (κ1) is 16.8. The number of methoxy groups -OCH3 is 1. The van der Waals surface area contributed by atoms with E-state index in [1.807, 2.05) is 32.0 Å². The summed E-state index contributed by atoms with van der Waals surface area (Å²) in [5.74, 6) is 0.372. The van der Waals surface area contributed by atoms with Gasteiger partial charge in [-0.15, -0.1) is 0 Å². The summed E-state index contributed by atoms with van der Waals surface area (Å²) in [4.78, 5) is 22.4. The molecule has 0 saturated carbocycles. The van der Waals surface area contributed by atoms with E-state index < -0.39 is 0 Å². The third-order valence-electron chi connectivity index (χ3n) is 3.08. The highest BCUT2D eigenvalue weighted by atomic mass is 16.5. The molecule has 0 aliphatic heterocycles. The van der Waals surface area contributed by atoms with Crippen molar-refractivity contribution in [2.24, 2.45) is 5.73 Å². The van der Waals surface area contributed by atoms with Crippen molar-refractivity contribution in [3.05, 3.63) is 29.3 Å². The van der Waals surface area contributed by atoms with Gasteiger partial charge in [0.05, 0.1) is 13.2 Å². The largest absolute Gasteiger partial charge is 0.496 e. The van der Waals surface area contributed by atoms with Gasteiger partial charge in [-0.25, -0.2) is 4.79 Å². The third kappa shape index (κ3) is 5.72. The molecular formula is C15H23N3O3. The van der Waals surface area contributed by atoms with Crippen LogP contribution in [0.2, 0.25) is 0 Å². The van der Waals surface area contributed by atoms with Gasteiger partial charge in [0.2, 0.25) is 5.91 Å². The number of urea groups is 1. The average molecular weight is 293 g/mol. The minimum Gasteiger partial charge on any atom is -0.496 e. The number of aryl methyl sites for hydroxylation is 1. The zero-order valence-corrected chi connectivity index (χ0v) is 12.7. The van der Waals surface area contributed by atoms with Crippen LogP contribution in [0.5, 0.6) is 5.75 Å². The van der Waals surface area contributed by atoms with E-state index in [1.54, 1.807) is 7.11 Å². The fraction of sp³-hybridized carbons (Fsp3) is 0.467. The number of rotatable bonds is 7. The van der Waals surface area contributed by atoms with Crippen LogP contribution in [-0.4, -0.2) is 25.6 Å². The van der Waals surface area contributed by atoms with E-state index in [-0.39, 0.29) is 24.4 Å². The molecule has 0 saturated heterocycles.